The summed E-state index contributed by atoms with van der Waals surface area (Å²) >= 11 is 0. The van der Waals surface area contributed by atoms with Gasteiger partial charge in [0.2, 0.25) is 0 Å². The number of amides is 1. The van der Waals surface area contributed by atoms with Crippen LogP contribution in [0.1, 0.15) is 54.4 Å². The van der Waals surface area contributed by atoms with Crippen molar-refractivity contribution >= 4 is 6.09 Å². The van der Waals surface area contributed by atoms with E-state index < -0.39 is 5.60 Å². The summed E-state index contributed by atoms with van der Waals surface area (Å²) in [6.45, 7) is 11.7. The number of allylic oxidation sites excluding steroid dienone is 2. The molecule has 0 rings (SSSR count). The molecule has 0 bridgehead atoms. The summed E-state index contributed by atoms with van der Waals surface area (Å²) in [5.74, 6) is 0. The van der Waals surface area contributed by atoms with Crippen molar-refractivity contribution in [1.29, 1.82) is 0 Å². The molecule has 0 aromatic heterocycles. The highest BCUT2D eigenvalue weighted by Gasteiger charge is 2.17. The maximum atomic E-state index is 11.4. The van der Waals surface area contributed by atoms with Crippen molar-refractivity contribution in [3.63, 3.8) is 0 Å². The third-order valence-electron chi connectivity index (χ3n) is 2.23. The average molecular weight is 227 g/mol. The zero-order valence-corrected chi connectivity index (χ0v) is 11.4. The van der Waals surface area contributed by atoms with Crippen molar-refractivity contribution in [3.8, 4) is 0 Å². The zero-order valence-electron chi connectivity index (χ0n) is 11.4. The van der Waals surface area contributed by atoms with Gasteiger partial charge >= 0.3 is 6.09 Å². The Morgan fingerprint density at radius 1 is 1.44 bits per heavy atom. The molecule has 0 aliphatic carbocycles. The first kappa shape index (κ1) is 15.0. The van der Waals surface area contributed by atoms with Gasteiger partial charge in [0.15, 0.2) is 0 Å². The van der Waals surface area contributed by atoms with Gasteiger partial charge in [0.1, 0.15) is 5.60 Å². The van der Waals surface area contributed by atoms with Crippen molar-refractivity contribution in [1.82, 2.24) is 5.32 Å². The third kappa shape index (κ3) is 8.33. The second kappa shape index (κ2) is 6.56. The van der Waals surface area contributed by atoms with Gasteiger partial charge in [0.25, 0.3) is 0 Å². The van der Waals surface area contributed by atoms with E-state index in [0.29, 0.717) is 0 Å². The van der Waals surface area contributed by atoms with Crippen LogP contribution in [0, 0.1) is 0 Å². The average Bonchev–Trinajstić information content (AvgIpc) is 2.10. The lowest BCUT2D eigenvalue weighted by Gasteiger charge is -2.22. The lowest BCUT2D eigenvalue weighted by atomic mass is 10.1. The third-order valence-corrected chi connectivity index (χ3v) is 2.23. The van der Waals surface area contributed by atoms with E-state index in [9.17, 15) is 4.79 Å². The molecule has 1 amide bonds. The Hall–Kier alpha value is -0.990. The van der Waals surface area contributed by atoms with Crippen LogP contribution in [0.3, 0.4) is 0 Å². The molecule has 0 saturated heterocycles. The van der Waals surface area contributed by atoms with E-state index in [4.69, 9.17) is 4.74 Å². The van der Waals surface area contributed by atoms with Gasteiger partial charge in [-0.1, -0.05) is 11.6 Å². The zero-order chi connectivity index (χ0) is 12.8. The molecule has 0 heterocycles. The second-order valence-corrected chi connectivity index (χ2v) is 5.22. The van der Waals surface area contributed by atoms with Crippen molar-refractivity contribution in [2.24, 2.45) is 0 Å². The van der Waals surface area contributed by atoms with E-state index in [1.54, 1.807) is 0 Å². The Labute approximate surface area is 99.3 Å². The van der Waals surface area contributed by atoms with Crippen LogP contribution in [0.2, 0.25) is 0 Å². The van der Waals surface area contributed by atoms with Crippen molar-refractivity contribution in [3.05, 3.63) is 11.6 Å². The molecule has 0 aliphatic rings. The number of carbonyl (C=O) groups excluding carboxylic acids is 1. The van der Waals surface area contributed by atoms with E-state index in [2.05, 4.69) is 18.3 Å². The Bertz CT molecular complexity index is 251. The van der Waals surface area contributed by atoms with E-state index in [1.165, 1.54) is 5.57 Å². The van der Waals surface area contributed by atoms with Crippen LogP contribution in [0.4, 0.5) is 4.79 Å². The molecule has 3 heteroatoms. The minimum absolute atomic E-state index is 0.143. The first-order valence-electron chi connectivity index (χ1n) is 5.86. The topological polar surface area (TPSA) is 38.3 Å². The quantitative estimate of drug-likeness (QED) is 0.744. The van der Waals surface area contributed by atoms with Crippen LogP contribution in [0.15, 0.2) is 11.6 Å². The summed E-state index contributed by atoms with van der Waals surface area (Å²) in [7, 11) is 0. The molecule has 1 atom stereocenters. The number of rotatable bonds is 4. The van der Waals surface area contributed by atoms with E-state index in [1.807, 2.05) is 34.6 Å². The van der Waals surface area contributed by atoms with E-state index in [0.717, 1.165) is 12.8 Å². The normalized spacial score (nSPS) is 14.5. The van der Waals surface area contributed by atoms with E-state index in [-0.39, 0.29) is 12.1 Å². The molecule has 0 radical (unpaired) electrons. The number of alkyl carbamates (subject to hydrolysis) is 1. The van der Waals surface area contributed by atoms with Crippen LogP contribution in [0.25, 0.3) is 0 Å². The molecule has 3 nitrogen and oxygen atoms in total. The fourth-order valence-corrected chi connectivity index (χ4v) is 1.17. The first-order valence-corrected chi connectivity index (χ1v) is 5.86. The molecule has 0 spiro atoms. The first-order chi connectivity index (χ1) is 7.24. The molecule has 0 fully saturated rings. The van der Waals surface area contributed by atoms with Crippen molar-refractivity contribution in [2.45, 2.75) is 66.0 Å². The SMILES string of the molecule is C/C=C(\C)CC[C@H](C)NC(=O)OC(C)(C)C. The maximum Gasteiger partial charge on any atom is 0.407 e. The van der Waals surface area contributed by atoms with Gasteiger partial charge in [-0.25, -0.2) is 4.79 Å². The largest absolute Gasteiger partial charge is 0.444 e. The Morgan fingerprint density at radius 3 is 2.44 bits per heavy atom. The molecule has 0 unspecified atom stereocenters. The molecular weight excluding hydrogens is 202 g/mol. The number of ether oxygens (including phenoxy) is 1. The fourth-order valence-electron chi connectivity index (χ4n) is 1.17. The Kier molecular flexibility index (Phi) is 6.16. The van der Waals surface area contributed by atoms with Crippen LogP contribution in [-0.2, 0) is 4.74 Å². The molecule has 0 aliphatic heterocycles. The minimum atomic E-state index is -0.428. The van der Waals surface area contributed by atoms with Gasteiger partial charge in [-0.3, -0.25) is 0 Å². The van der Waals surface area contributed by atoms with Gasteiger partial charge in [-0.15, -0.1) is 0 Å². The minimum Gasteiger partial charge on any atom is -0.444 e. The lowest BCUT2D eigenvalue weighted by molar-refractivity contribution is 0.0506. The summed E-state index contributed by atoms with van der Waals surface area (Å²) in [5.41, 5.74) is 0.918. The Morgan fingerprint density at radius 2 is 2.00 bits per heavy atom. The smallest absolute Gasteiger partial charge is 0.407 e. The second-order valence-electron chi connectivity index (χ2n) is 5.22. The van der Waals surface area contributed by atoms with Crippen molar-refractivity contribution in [2.75, 3.05) is 0 Å². The van der Waals surface area contributed by atoms with Gasteiger partial charge in [-0.05, 0) is 54.4 Å². The molecule has 0 aromatic carbocycles. The highest BCUT2D eigenvalue weighted by Crippen LogP contribution is 2.09. The monoisotopic (exact) mass is 227 g/mol. The van der Waals surface area contributed by atoms with Gasteiger partial charge < -0.3 is 10.1 Å². The van der Waals surface area contributed by atoms with Gasteiger partial charge in [0, 0.05) is 6.04 Å². The fraction of sp³-hybridized carbons (Fsp3) is 0.769. The molecular formula is C13H25NO2. The van der Waals surface area contributed by atoms with Gasteiger partial charge in [0.05, 0.1) is 0 Å². The molecule has 94 valence electrons. The molecule has 16 heavy (non-hydrogen) atoms. The lowest BCUT2D eigenvalue weighted by Crippen LogP contribution is -2.37. The van der Waals surface area contributed by atoms with Crippen LogP contribution in [0.5, 0.6) is 0 Å². The van der Waals surface area contributed by atoms with Crippen LogP contribution < -0.4 is 5.32 Å². The molecule has 1 N–H and O–H groups in total. The summed E-state index contributed by atoms with van der Waals surface area (Å²) < 4.78 is 5.18. The number of hydrogen-bond donors (Lipinski definition) is 1. The number of carbonyl (C=O) groups is 1. The number of nitrogens with one attached hydrogen (secondary N) is 1. The molecule has 0 saturated carbocycles. The van der Waals surface area contributed by atoms with Gasteiger partial charge in [-0.2, -0.15) is 0 Å². The predicted octanol–water partition coefficient (Wildman–Crippen LogP) is 3.65. The van der Waals surface area contributed by atoms with E-state index >= 15 is 0 Å². The number of hydrogen-bond acceptors (Lipinski definition) is 2. The summed E-state index contributed by atoms with van der Waals surface area (Å²) in [6.07, 6.45) is 3.71. The maximum absolute atomic E-state index is 11.4. The van der Waals surface area contributed by atoms with Crippen molar-refractivity contribution < 1.29 is 9.53 Å². The predicted molar refractivity (Wildman–Crippen MR) is 67.5 cm³/mol. The summed E-state index contributed by atoms with van der Waals surface area (Å²) in [6, 6.07) is 0.143. The summed E-state index contributed by atoms with van der Waals surface area (Å²) in [4.78, 5) is 11.4. The van der Waals surface area contributed by atoms with Crippen LogP contribution in [-0.4, -0.2) is 17.7 Å². The standard InChI is InChI=1S/C13H25NO2/c1-7-10(2)8-9-11(3)14-12(15)16-13(4,5)6/h7,11H,8-9H2,1-6H3,(H,14,15)/b10-7+/t11-/m0/s1. The highest BCUT2D eigenvalue weighted by atomic mass is 16.6. The summed E-state index contributed by atoms with van der Waals surface area (Å²) in [5, 5.41) is 2.83. The van der Waals surface area contributed by atoms with Crippen LogP contribution >= 0.6 is 0 Å². The Balaban J connectivity index is 3.88. The highest BCUT2D eigenvalue weighted by molar-refractivity contribution is 5.67. The molecule has 0 aromatic rings.